The maximum Gasteiger partial charge on any atom is 0.308 e. The monoisotopic (exact) mass is 463 g/mol. The molecular formula is C23H37N5O5. The molecule has 1 aromatic heterocycles. The van der Waals surface area contributed by atoms with Gasteiger partial charge < -0.3 is 20.1 Å². The fourth-order valence-corrected chi connectivity index (χ4v) is 4.83. The maximum atomic E-state index is 12.6. The van der Waals surface area contributed by atoms with Gasteiger partial charge in [-0.2, -0.15) is 0 Å². The fourth-order valence-electron chi connectivity index (χ4n) is 4.83. The number of nitrogens with one attached hydrogen (secondary N) is 1. The van der Waals surface area contributed by atoms with Gasteiger partial charge >= 0.3 is 5.97 Å². The van der Waals surface area contributed by atoms with Gasteiger partial charge in [-0.15, -0.1) is 5.10 Å². The van der Waals surface area contributed by atoms with Gasteiger partial charge in [-0.1, -0.05) is 24.5 Å². The molecule has 3 rings (SSSR count). The molecule has 2 amide bonds. The molecule has 0 radical (unpaired) electrons. The Morgan fingerprint density at radius 1 is 1.18 bits per heavy atom. The third kappa shape index (κ3) is 7.80. The van der Waals surface area contributed by atoms with Crippen LogP contribution in [0.3, 0.4) is 0 Å². The smallest absolute Gasteiger partial charge is 0.308 e. The predicted octanol–water partition coefficient (Wildman–Crippen LogP) is 1.49. The summed E-state index contributed by atoms with van der Waals surface area (Å²) in [6, 6.07) is 0. The zero-order chi connectivity index (χ0) is 23.6. The number of rotatable bonds is 13. The Labute approximate surface area is 195 Å². The second kappa shape index (κ2) is 12.7. The van der Waals surface area contributed by atoms with Crippen LogP contribution in [0.2, 0.25) is 0 Å². The number of aromatic nitrogens is 3. The summed E-state index contributed by atoms with van der Waals surface area (Å²) in [6.45, 7) is 5.06. The molecule has 33 heavy (non-hydrogen) atoms. The molecule has 0 saturated carbocycles. The van der Waals surface area contributed by atoms with Gasteiger partial charge in [0, 0.05) is 65.4 Å². The highest BCUT2D eigenvalue weighted by Gasteiger charge is 2.44. The van der Waals surface area contributed by atoms with Crippen molar-refractivity contribution in [3.05, 3.63) is 11.9 Å². The Kier molecular flexibility index (Phi) is 9.65. The lowest BCUT2D eigenvalue weighted by molar-refractivity contribution is -0.143. The van der Waals surface area contributed by atoms with Gasteiger partial charge in [0.25, 0.3) is 0 Å². The van der Waals surface area contributed by atoms with E-state index in [2.05, 4.69) is 15.6 Å². The van der Waals surface area contributed by atoms with Gasteiger partial charge in [0.2, 0.25) is 11.8 Å². The first-order chi connectivity index (χ1) is 15.9. The summed E-state index contributed by atoms with van der Waals surface area (Å²) in [5, 5.41) is 20.6. The molecule has 2 saturated heterocycles. The summed E-state index contributed by atoms with van der Waals surface area (Å²) in [7, 11) is 0. The van der Waals surface area contributed by atoms with Gasteiger partial charge in [-0.05, 0) is 31.1 Å². The van der Waals surface area contributed by atoms with Crippen molar-refractivity contribution < 1.29 is 24.2 Å². The number of carboxylic acids is 1. The second-order valence-corrected chi connectivity index (χ2v) is 9.25. The first-order valence-corrected chi connectivity index (χ1v) is 12.2. The molecular weight excluding hydrogens is 426 g/mol. The summed E-state index contributed by atoms with van der Waals surface area (Å²) < 4.78 is 7.28. The number of aryl methyl sites for hydroxylation is 1. The average molecular weight is 464 g/mol. The number of unbranched alkanes of at least 4 members (excludes halogenated alkanes) is 4. The molecule has 2 fully saturated rings. The summed E-state index contributed by atoms with van der Waals surface area (Å²) in [6.07, 6.45) is 8.91. The highest BCUT2D eigenvalue weighted by Crippen LogP contribution is 2.35. The molecule has 2 aliphatic heterocycles. The van der Waals surface area contributed by atoms with Crippen molar-refractivity contribution in [2.24, 2.45) is 17.8 Å². The Morgan fingerprint density at radius 3 is 2.70 bits per heavy atom. The van der Waals surface area contributed by atoms with E-state index in [0.717, 1.165) is 50.8 Å². The first-order valence-electron chi connectivity index (χ1n) is 12.2. The van der Waals surface area contributed by atoms with Crippen LogP contribution in [0.5, 0.6) is 0 Å². The molecule has 0 spiro atoms. The van der Waals surface area contributed by atoms with Crippen molar-refractivity contribution in [3.8, 4) is 0 Å². The summed E-state index contributed by atoms with van der Waals surface area (Å²) in [4.78, 5) is 36.9. The van der Waals surface area contributed by atoms with Crippen molar-refractivity contribution in [2.45, 2.75) is 64.8 Å². The molecule has 1 unspecified atom stereocenters. The van der Waals surface area contributed by atoms with Gasteiger partial charge in [-0.3, -0.25) is 19.1 Å². The van der Waals surface area contributed by atoms with Crippen LogP contribution in [-0.2, 0) is 32.1 Å². The number of amides is 2. The number of hydrogen-bond acceptors (Lipinski definition) is 6. The van der Waals surface area contributed by atoms with Crippen molar-refractivity contribution >= 4 is 17.8 Å². The number of carbonyl (C=O) groups excluding carboxylic acids is 2. The molecule has 184 valence electrons. The van der Waals surface area contributed by atoms with Crippen LogP contribution in [0.15, 0.2) is 6.20 Å². The van der Waals surface area contributed by atoms with Crippen LogP contribution in [0.1, 0.15) is 57.6 Å². The first kappa shape index (κ1) is 25.1. The Bertz CT molecular complexity index is 792. The molecule has 0 bridgehead atoms. The lowest BCUT2D eigenvalue weighted by Crippen LogP contribution is -2.29. The van der Waals surface area contributed by atoms with Crippen LogP contribution in [0, 0.1) is 17.8 Å². The average Bonchev–Trinajstić information content (AvgIpc) is 3.52. The molecule has 10 nitrogen and oxygen atoms in total. The lowest BCUT2D eigenvalue weighted by Gasteiger charge is -2.20. The van der Waals surface area contributed by atoms with Crippen molar-refractivity contribution in [1.29, 1.82) is 0 Å². The topological polar surface area (TPSA) is 127 Å². The van der Waals surface area contributed by atoms with Crippen LogP contribution in [0.4, 0.5) is 0 Å². The fraction of sp³-hybridized carbons (Fsp3) is 0.783. The number of carbonyl (C=O) groups is 3. The predicted molar refractivity (Wildman–Crippen MR) is 120 cm³/mol. The third-order valence-corrected chi connectivity index (χ3v) is 6.72. The normalized spacial score (nSPS) is 22.6. The highest BCUT2D eigenvalue weighted by atomic mass is 16.5. The summed E-state index contributed by atoms with van der Waals surface area (Å²) in [5.74, 6) is -0.967. The van der Waals surface area contributed by atoms with Crippen LogP contribution < -0.4 is 5.32 Å². The largest absolute Gasteiger partial charge is 0.481 e. The van der Waals surface area contributed by atoms with E-state index >= 15 is 0 Å². The third-order valence-electron chi connectivity index (χ3n) is 6.72. The zero-order valence-electron chi connectivity index (χ0n) is 19.6. The Balaban J connectivity index is 1.26. The van der Waals surface area contributed by atoms with Crippen molar-refractivity contribution in [3.63, 3.8) is 0 Å². The van der Waals surface area contributed by atoms with Crippen molar-refractivity contribution in [2.75, 3.05) is 32.8 Å². The lowest BCUT2D eigenvalue weighted by atomic mass is 9.83. The molecule has 0 aliphatic carbocycles. The standard InChI is InChI=1S/C23H37N5O5/c1-17(29)24-10-8-19-13-28(26-25-19)11-6-4-2-3-5-7-22(30)27-14-20(18-9-12-33-16-18)21(15-27)23(31)32/h13,18,20-21H,2-12,14-16H2,1H3,(H,24,29)(H,31,32)/t18?,20-,21+/m0/s1. The highest BCUT2D eigenvalue weighted by molar-refractivity contribution is 5.79. The Hall–Kier alpha value is -2.49. The van der Waals surface area contributed by atoms with Gasteiger partial charge in [-0.25, -0.2) is 0 Å². The van der Waals surface area contributed by atoms with Gasteiger partial charge in [0.15, 0.2) is 0 Å². The van der Waals surface area contributed by atoms with E-state index in [0.29, 0.717) is 45.7 Å². The second-order valence-electron chi connectivity index (χ2n) is 9.25. The number of aliphatic carboxylic acids is 1. The molecule has 2 aliphatic rings. The van der Waals surface area contributed by atoms with E-state index < -0.39 is 11.9 Å². The molecule has 0 aromatic carbocycles. The van der Waals surface area contributed by atoms with Crippen LogP contribution in [-0.4, -0.2) is 75.6 Å². The minimum Gasteiger partial charge on any atom is -0.481 e. The van der Waals surface area contributed by atoms with Crippen LogP contribution in [0.25, 0.3) is 0 Å². The van der Waals surface area contributed by atoms with E-state index in [-0.39, 0.29) is 23.7 Å². The number of ether oxygens (including phenoxy) is 1. The number of carboxylic acid groups (broad SMARTS) is 1. The maximum absolute atomic E-state index is 12.6. The SMILES string of the molecule is CC(=O)NCCc1cn(CCCCCCCC(=O)N2C[C@@H](C(=O)O)[C@H](C3CCOC3)C2)nn1. The van der Waals surface area contributed by atoms with Crippen molar-refractivity contribution in [1.82, 2.24) is 25.2 Å². The van der Waals surface area contributed by atoms with E-state index in [1.54, 1.807) is 4.90 Å². The van der Waals surface area contributed by atoms with Gasteiger partial charge in [0.1, 0.15) is 0 Å². The molecule has 1 aromatic rings. The Morgan fingerprint density at radius 2 is 1.97 bits per heavy atom. The number of nitrogens with zero attached hydrogens (tertiary/aromatic N) is 4. The zero-order valence-corrected chi connectivity index (χ0v) is 19.6. The van der Waals surface area contributed by atoms with Gasteiger partial charge in [0.05, 0.1) is 11.6 Å². The number of hydrogen-bond donors (Lipinski definition) is 2. The van der Waals surface area contributed by atoms with E-state index in [1.165, 1.54) is 6.92 Å². The minimum absolute atomic E-state index is 0.0108. The van der Waals surface area contributed by atoms with Crippen LogP contribution >= 0.6 is 0 Å². The summed E-state index contributed by atoms with van der Waals surface area (Å²) >= 11 is 0. The molecule has 2 N–H and O–H groups in total. The minimum atomic E-state index is -0.797. The van der Waals surface area contributed by atoms with E-state index in [4.69, 9.17) is 4.74 Å². The molecule has 3 heterocycles. The number of likely N-dealkylation sites (tertiary alicyclic amines) is 1. The summed E-state index contributed by atoms with van der Waals surface area (Å²) in [5.41, 5.74) is 0.872. The van der Waals surface area contributed by atoms with E-state index in [9.17, 15) is 19.5 Å². The van der Waals surface area contributed by atoms with E-state index in [1.807, 2.05) is 10.9 Å². The molecule has 3 atom stereocenters. The quantitative estimate of drug-likeness (QED) is 0.424. The molecule has 10 heteroatoms.